The van der Waals surface area contributed by atoms with Crippen molar-refractivity contribution in [3.63, 3.8) is 0 Å². The molecule has 1 N–H and O–H groups in total. The van der Waals surface area contributed by atoms with Gasteiger partial charge in [0.25, 0.3) is 11.8 Å². The number of likely N-dealkylation sites (N-methyl/N-ethyl adjacent to an activating group) is 1. The van der Waals surface area contributed by atoms with Crippen LogP contribution in [0.25, 0.3) is 0 Å². The maximum atomic E-state index is 12.4. The highest BCUT2D eigenvalue weighted by Crippen LogP contribution is 2.26. The maximum Gasteiger partial charge on any atom is 0.269 e. The maximum absolute atomic E-state index is 12.4. The van der Waals surface area contributed by atoms with Crippen LogP contribution in [0.4, 0.5) is 5.69 Å². The molecule has 0 bridgehead atoms. The summed E-state index contributed by atoms with van der Waals surface area (Å²) in [6, 6.07) is 5.08. The number of ether oxygens (including phenoxy) is 1. The SMILES string of the molecule is CCCc1nnsc1C(=O)Nc1ccc2c(c1)C(=O)N(C)CCO2. The minimum atomic E-state index is -0.260. The number of benzene rings is 1. The third-order valence-corrected chi connectivity index (χ3v) is 4.51. The molecule has 0 saturated carbocycles. The molecule has 2 aromatic rings. The Kier molecular flexibility index (Phi) is 4.75. The quantitative estimate of drug-likeness (QED) is 0.917. The predicted octanol–water partition coefficient (Wildman–Crippen LogP) is 2.21. The van der Waals surface area contributed by atoms with Gasteiger partial charge in [0.15, 0.2) is 0 Å². The van der Waals surface area contributed by atoms with Crippen molar-refractivity contribution in [1.29, 1.82) is 0 Å². The van der Waals surface area contributed by atoms with Gasteiger partial charge in [0.05, 0.1) is 17.8 Å². The second kappa shape index (κ2) is 6.96. The number of aromatic nitrogens is 2. The second-order valence-corrected chi connectivity index (χ2v) is 6.29. The number of aryl methyl sites for hydroxylation is 1. The van der Waals surface area contributed by atoms with E-state index in [2.05, 4.69) is 14.9 Å². The Hall–Kier alpha value is -2.48. The minimum absolute atomic E-state index is 0.121. The summed E-state index contributed by atoms with van der Waals surface area (Å²) in [6.07, 6.45) is 1.60. The monoisotopic (exact) mass is 346 g/mol. The van der Waals surface area contributed by atoms with E-state index in [0.717, 1.165) is 18.0 Å². The zero-order chi connectivity index (χ0) is 17.1. The van der Waals surface area contributed by atoms with E-state index in [0.29, 0.717) is 47.1 Å². The first-order chi connectivity index (χ1) is 11.6. The van der Waals surface area contributed by atoms with Crippen LogP contribution in [0.2, 0.25) is 0 Å². The molecule has 24 heavy (non-hydrogen) atoms. The highest BCUT2D eigenvalue weighted by Gasteiger charge is 2.22. The largest absolute Gasteiger partial charge is 0.491 e. The van der Waals surface area contributed by atoms with Crippen LogP contribution in [0.5, 0.6) is 5.75 Å². The molecule has 1 aromatic heterocycles. The summed E-state index contributed by atoms with van der Waals surface area (Å²) in [5.41, 5.74) is 1.69. The van der Waals surface area contributed by atoms with Crippen LogP contribution >= 0.6 is 11.5 Å². The average molecular weight is 346 g/mol. The topological polar surface area (TPSA) is 84.4 Å². The molecule has 7 nitrogen and oxygen atoms in total. The van der Waals surface area contributed by atoms with Crippen LogP contribution in [0.1, 0.15) is 39.1 Å². The Balaban J connectivity index is 1.83. The highest BCUT2D eigenvalue weighted by atomic mass is 32.1. The number of hydrogen-bond donors (Lipinski definition) is 1. The summed E-state index contributed by atoms with van der Waals surface area (Å²) in [6.45, 7) is 3.01. The third kappa shape index (κ3) is 3.23. The highest BCUT2D eigenvalue weighted by molar-refractivity contribution is 7.08. The molecule has 1 aromatic carbocycles. The number of carbonyl (C=O) groups is 2. The Morgan fingerprint density at radius 3 is 3.08 bits per heavy atom. The Labute approximate surface area is 143 Å². The molecular formula is C16H18N4O3S. The Morgan fingerprint density at radius 1 is 1.46 bits per heavy atom. The van der Waals surface area contributed by atoms with Crippen molar-refractivity contribution in [2.75, 3.05) is 25.5 Å². The molecule has 3 rings (SSSR count). The molecule has 0 radical (unpaired) electrons. The van der Waals surface area contributed by atoms with Gasteiger partial charge in [0.1, 0.15) is 17.2 Å². The van der Waals surface area contributed by atoms with Crippen molar-refractivity contribution in [3.05, 3.63) is 34.3 Å². The molecule has 0 spiro atoms. The van der Waals surface area contributed by atoms with E-state index < -0.39 is 0 Å². The lowest BCUT2D eigenvalue weighted by Gasteiger charge is -2.13. The molecule has 0 aliphatic carbocycles. The van der Waals surface area contributed by atoms with E-state index in [1.54, 1.807) is 30.1 Å². The smallest absolute Gasteiger partial charge is 0.269 e. The molecule has 1 aliphatic heterocycles. The third-order valence-electron chi connectivity index (χ3n) is 3.75. The number of amides is 2. The van der Waals surface area contributed by atoms with Crippen molar-refractivity contribution in [1.82, 2.24) is 14.5 Å². The van der Waals surface area contributed by atoms with Crippen LogP contribution in [-0.2, 0) is 6.42 Å². The van der Waals surface area contributed by atoms with Gasteiger partial charge in [-0.3, -0.25) is 9.59 Å². The summed E-state index contributed by atoms with van der Waals surface area (Å²) in [4.78, 5) is 26.9. The van der Waals surface area contributed by atoms with Crippen molar-refractivity contribution < 1.29 is 14.3 Å². The van der Waals surface area contributed by atoms with Gasteiger partial charge in [0.2, 0.25) is 0 Å². The molecule has 2 amide bonds. The fraction of sp³-hybridized carbons (Fsp3) is 0.375. The molecule has 0 saturated heterocycles. The van der Waals surface area contributed by atoms with Crippen molar-refractivity contribution in [2.45, 2.75) is 19.8 Å². The number of nitrogens with zero attached hydrogens (tertiary/aromatic N) is 3. The number of hydrogen-bond acceptors (Lipinski definition) is 6. The zero-order valence-electron chi connectivity index (χ0n) is 13.5. The molecule has 0 atom stereocenters. The average Bonchev–Trinajstić information content (AvgIpc) is 2.98. The van der Waals surface area contributed by atoms with Gasteiger partial charge in [-0.2, -0.15) is 0 Å². The molecule has 1 aliphatic rings. The lowest BCUT2D eigenvalue weighted by molar-refractivity contribution is 0.0796. The van der Waals surface area contributed by atoms with Crippen LogP contribution in [0.3, 0.4) is 0 Å². The fourth-order valence-corrected chi connectivity index (χ4v) is 3.07. The summed E-state index contributed by atoms with van der Waals surface area (Å²) in [5.74, 6) is 0.155. The van der Waals surface area contributed by atoms with Crippen molar-refractivity contribution in [2.24, 2.45) is 0 Å². The predicted molar refractivity (Wildman–Crippen MR) is 90.8 cm³/mol. The Bertz CT molecular complexity index is 774. The van der Waals surface area contributed by atoms with E-state index in [1.807, 2.05) is 6.92 Å². The molecule has 0 unspecified atom stereocenters. The van der Waals surface area contributed by atoms with Crippen LogP contribution in [0, 0.1) is 0 Å². The normalized spacial score (nSPS) is 13.9. The number of rotatable bonds is 4. The summed E-state index contributed by atoms with van der Waals surface area (Å²) >= 11 is 1.08. The molecule has 0 fully saturated rings. The lowest BCUT2D eigenvalue weighted by atomic mass is 10.1. The number of carbonyl (C=O) groups excluding carboxylic acids is 2. The molecule has 126 valence electrons. The van der Waals surface area contributed by atoms with Gasteiger partial charge < -0.3 is 15.0 Å². The van der Waals surface area contributed by atoms with Crippen LogP contribution in [-0.4, -0.2) is 46.5 Å². The van der Waals surface area contributed by atoms with E-state index in [9.17, 15) is 9.59 Å². The molecule has 8 heteroatoms. The van der Waals surface area contributed by atoms with Gasteiger partial charge in [-0.05, 0) is 36.2 Å². The molecular weight excluding hydrogens is 328 g/mol. The van der Waals surface area contributed by atoms with Gasteiger partial charge >= 0.3 is 0 Å². The van der Waals surface area contributed by atoms with Crippen molar-refractivity contribution >= 4 is 29.0 Å². The molecule has 2 heterocycles. The van der Waals surface area contributed by atoms with E-state index >= 15 is 0 Å². The van der Waals surface area contributed by atoms with Gasteiger partial charge in [-0.1, -0.05) is 17.8 Å². The van der Waals surface area contributed by atoms with Gasteiger partial charge in [0, 0.05) is 12.7 Å². The minimum Gasteiger partial charge on any atom is -0.491 e. The van der Waals surface area contributed by atoms with E-state index in [-0.39, 0.29) is 11.8 Å². The summed E-state index contributed by atoms with van der Waals surface area (Å²) in [7, 11) is 1.73. The summed E-state index contributed by atoms with van der Waals surface area (Å²) in [5, 5.41) is 6.81. The summed E-state index contributed by atoms with van der Waals surface area (Å²) < 4.78 is 9.44. The van der Waals surface area contributed by atoms with Gasteiger partial charge in [-0.25, -0.2) is 0 Å². The zero-order valence-corrected chi connectivity index (χ0v) is 14.4. The van der Waals surface area contributed by atoms with E-state index in [1.165, 1.54) is 0 Å². The fourth-order valence-electron chi connectivity index (χ4n) is 2.47. The second-order valence-electron chi connectivity index (χ2n) is 5.54. The van der Waals surface area contributed by atoms with Crippen LogP contribution in [0.15, 0.2) is 18.2 Å². The first-order valence-electron chi connectivity index (χ1n) is 7.75. The van der Waals surface area contributed by atoms with E-state index in [4.69, 9.17) is 4.74 Å². The first-order valence-corrected chi connectivity index (χ1v) is 8.52. The number of nitrogens with one attached hydrogen (secondary N) is 1. The number of fused-ring (bicyclic) bond motifs is 1. The Morgan fingerprint density at radius 2 is 2.29 bits per heavy atom. The van der Waals surface area contributed by atoms with Gasteiger partial charge in [-0.15, -0.1) is 5.10 Å². The lowest BCUT2D eigenvalue weighted by Crippen LogP contribution is -2.27. The first kappa shape index (κ1) is 16.4. The number of anilines is 1. The standard InChI is InChI=1S/C16H18N4O3S/c1-3-4-12-14(24-19-18-12)15(21)17-10-5-6-13-11(9-10)16(22)20(2)7-8-23-13/h5-6,9H,3-4,7-8H2,1-2H3,(H,17,21). The van der Waals surface area contributed by atoms with Crippen molar-refractivity contribution in [3.8, 4) is 5.75 Å². The van der Waals surface area contributed by atoms with Crippen LogP contribution < -0.4 is 10.1 Å².